The van der Waals surface area contributed by atoms with Crippen molar-refractivity contribution in [1.29, 1.82) is 0 Å². The van der Waals surface area contributed by atoms with E-state index in [2.05, 4.69) is 5.10 Å². The number of hydrogen-bond acceptors (Lipinski definition) is 5. The number of nitrogens with zero attached hydrogens (tertiary/aromatic N) is 3. The predicted molar refractivity (Wildman–Crippen MR) is 97.8 cm³/mol. The summed E-state index contributed by atoms with van der Waals surface area (Å²) in [6.45, 7) is 0.0584. The molecule has 26 heavy (non-hydrogen) atoms. The zero-order chi connectivity index (χ0) is 18.7. The van der Waals surface area contributed by atoms with Crippen LogP contribution in [0.1, 0.15) is 5.56 Å². The molecule has 0 amide bonds. The maximum Gasteiger partial charge on any atom is 0.352 e. The first-order valence-corrected chi connectivity index (χ1v) is 8.09. The molecule has 0 aliphatic rings. The highest BCUT2D eigenvalue weighted by Crippen LogP contribution is 2.20. The van der Waals surface area contributed by atoms with Crippen LogP contribution in [-0.2, 0) is 6.54 Å². The van der Waals surface area contributed by atoms with Crippen molar-refractivity contribution in [1.82, 2.24) is 14.3 Å². The Bertz CT molecular complexity index is 1040. The number of aromatic nitrogens is 3. The molecule has 0 unspecified atom stereocenters. The van der Waals surface area contributed by atoms with E-state index in [0.717, 1.165) is 14.8 Å². The smallest absolute Gasteiger partial charge is 0.352 e. The number of methoxy groups -OCH3 is 2. The Morgan fingerprint density at radius 3 is 2.35 bits per heavy atom. The third kappa shape index (κ3) is 3.34. The Labute approximate surface area is 154 Å². The third-order valence-corrected chi connectivity index (χ3v) is 4.04. The molecule has 0 N–H and O–H groups in total. The number of para-hydroxylation sites is 2. The van der Waals surface area contributed by atoms with E-state index in [9.17, 15) is 9.59 Å². The minimum atomic E-state index is -0.612. The average molecular weight is 374 g/mol. The fraction of sp³-hybridized carbons (Fsp3) is 0.167. The summed E-state index contributed by atoms with van der Waals surface area (Å²) in [5.74, 6) is 0.255. The van der Waals surface area contributed by atoms with E-state index >= 15 is 0 Å². The van der Waals surface area contributed by atoms with Gasteiger partial charge < -0.3 is 9.47 Å². The molecule has 7 nitrogen and oxygen atoms in total. The van der Waals surface area contributed by atoms with Crippen molar-refractivity contribution in [3.8, 4) is 17.3 Å². The summed E-state index contributed by atoms with van der Waals surface area (Å²) in [6.07, 6.45) is 0. The van der Waals surface area contributed by atoms with Crippen LogP contribution in [-0.4, -0.2) is 28.6 Å². The minimum absolute atomic E-state index is 0.0584. The van der Waals surface area contributed by atoms with Gasteiger partial charge in [-0.05, 0) is 29.8 Å². The molecule has 0 spiro atoms. The molecule has 1 aromatic heterocycles. The summed E-state index contributed by atoms with van der Waals surface area (Å²) in [5.41, 5.74) is -0.0644. The zero-order valence-corrected chi connectivity index (χ0v) is 14.9. The van der Waals surface area contributed by atoms with Crippen molar-refractivity contribution in [2.45, 2.75) is 6.54 Å². The van der Waals surface area contributed by atoms with Gasteiger partial charge in [0.1, 0.15) is 11.4 Å². The Balaban J connectivity index is 2.20. The van der Waals surface area contributed by atoms with Gasteiger partial charge >= 0.3 is 11.2 Å². The second-order valence-corrected chi connectivity index (χ2v) is 5.83. The lowest BCUT2D eigenvalue weighted by Gasteiger charge is -2.13. The Hall–Kier alpha value is -3.06. The van der Waals surface area contributed by atoms with E-state index in [1.165, 1.54) is 14.2 Å². The van der Waals surface area contributed by atoms with Gasteiger partial charge in [-0.3, -0.25) is 4.79 Å². The van der Waals surface area contributed by atoms with E-state index in [1.54, 1.807) is 48.5 Å². The summed E-state index contributed by atoms with van der Waals surface area (Å²) >= 11 is 5.89. The van der Waals surface area contributed by atoms with Gasteiger partial charge in [0.2, 0.25) is 0 Å². The summed E-state index contributed by atoms with van der Waals surface area (Å²) < 4.78 is 12.5. The van der Waals surface area contributed by atoms with E-state index < -0.39 is 11.2 Å². The third-order valence-electron chi connectivity index (χ3n) is 3.79. The maximum atomic E-state index is 12.9. The SMILES string of the molecule is COc1ccccc1-n1nc(OC)c(=O)n(Cc2ccc(Cl)cc2)c1=O. The Morgan fingerprint density at radius 2 is 1.69 bits per heavy atom. The molecular formula is C18H16ClN3O4. The molecule has 8 heteroatoms. The monoisotopic (exact) mass is 373 g/mol. The van der Waals surface area contributed by atoms with E-state index in [0.29, 0.717) is 16.5 Å². The fourth-order valence-electron chi connectivity index (χ4n) is 2.49. The van der Waals surface area contributed by atoms with Crippen LogP contribution in [0.2, 0.25) is 5.02 Å². The van der Waals surface area contributed by atoms with Gasteiger partial charge in [0, 0.05) is 5.02 Å². The summed E-state index contributed by atoms with van der Waals surface area (Å²) in [6, 6.07) is 13.8. The Morgan fingerprint density at radius 1 is 1.00 bits per heavy atom. The van der Waals surface area contributed by atoms with Crippen molar-refractivity contribution in [2.24, 2.45) is 0 Å². The van der Waals surface area contributed by atoms with Gasteiger partial charge in [0.15, 0.2) is 0 Å². The minimum Gasteiger partial charge on any atom is -0.494 e. The van der Waals surface area contributed by atoms with Crippen LogP contribution in [0.3, 0.4) is 0 Å². The van der Waals surface area contributed by atoms with Crippen molar-refractivity contribution in [3.05, 3.63) is 80.0 Å². The molecule has 2 aromatic carbocycles. The van der Waals surface area contributed by atoms with Crippen LogP contribution >= 0.6 is 11.6 Å². The highest BCUT2D eigenvalue weighted by atomic mass is 35.5. The average Bonchev–Trinajstić information content (AvgIpc) is 2.67. The van der Waals surface area contributed by atoms with Crippen LogP contribution in [0.15, 0.2) is 58.1 Å². The predicted octanol–water partition coefficient (Wildman–Crippen LogP) is 2.11. The summed E-state index contributed by atoms with van der Waals surface area (Å²) in [4.78, 5) is 25.5. The lowest BCUT2D eigenvalue weighted by atomic mass is 10.2. The summed E-state index contributed by atoms with van der Waals surface area (Å²) in [7, 11) is 2.82. The molecule has 0 aliphatic heterocycles. The lowest BCUT2D eigenvalue weighted by molar-refractivity contribution is 0.364. The lowest BCUT2D eigenvalue weighted by Crippen LogP contribution is -2.41. The van der Waals surface area contributed by atoms with Crippen LogP contribution < -0.4 is 20.7 Å². The highest BCUT2D eigenvalue weighted by molar-refractivity contribution is 6.30. The van der Waals surface area contributed by atoms with E-state index in [1.807, 2.05) is 0 Å². The van der Waals surface area contributed by atoms with Gasteiger partial charge in [0.05, 0.1) is 20.8 Å². The van der Waals surface area contributed by atoms with Gasteiger partial charge in [-0.25, -0.2) is 9.36 Å². The van der Waals surface area contributed by atoms with Gasteiger partial charge in [-0.2, -0.15) is 4.68 Å². The molecule has 0 bridgehead atoms. The van der Waals surface area contributed by atoms with Crippen LogP contribution in [0.4, 0.5) is 0 Å². The number of ether oxygens (including phenoxy) is 2. The fourth-order valence-corrected chi connectivity index (χ4v) is 2.62. The molecule has 0 aliphatic carbocycles. The van der Waals surface area contributed by atoms with E-state index in [-0.39, 0.29) is 12.4 Å². The normalized spacial score (nSPS) is 10.6. The molecule has 0 atom stereocenters. The first-order chi connectivity index (χ1) is 12.5. The summed E-state index contributed by atoms with van der Waals surface area (Å²) in [5, 5.41) is 4.60. The van der Waals surface area contributed by atoms with Gasteiger partial charge in [-0.15, -0.1) is 5.10 Å². The second-order valence-electron chi connectivity index (χ2n) is 5.39. The highest BCUT2D eigenvalue weighted by Gasteiger charge is 2.17. The molecule has 3 rings (SSSR count). The van der Waals surface area contributed by atoms with Crippen molar-refractivity contribution in [3.63, 3.8) is 0 Å². The first kappa shape index (κ1) is 17.8. The zero-order valence-electron chi connectivity index (χ0n) is 14.2. The van der Waals surface area contributed by atoms with Crippen LogP contribution in [0, 0.1) is 0 Å². The van der Waals surface area contributed by atoms with Gasteiger partial charge in [0.25, 0.3) is 5.88 Å². The van der Waals surface area contributed by atoms with Gasteiger partial charge in [-0.1, -0.05) is 35.9 Å². The number of rotatable bonds is 5. The molecule has 0 fully saturated rings. The maximum absolute atomic E-state index is 12.9. The van der Waals surface area contributed by atoms with Crippen molar-refractivity contribution in [2.75, 3.05) is 14.2 Å². The number of hydrogen-bond donors (Lipinski definition) is 0. The second kappa shape index (κ2) is 7.45. The standard InChI is InChI=1S/C18H16ClN3O4/c1-25-15-6-4-3-5-14(15)22-18(24)21(17(23)16(20-22)26-2)11-12-7-9-13(19)10-8-12/h3-10H,11H2,1-2H3. The number of halogens is 1. The van der Waals surface area contributed by atoms with Crippen LogP contribution in [0.25, 0.3) is 5.69 Å². The van der Waals surface area contributed by atoms with E-state index in [4.69, 9.17) is 21.1 Å². The molecule has 0 saturated heterocycles. The molecule has 0 radical (unpaired) electrons. The largest absolute Gasteiger partial charge is 0.494 e. The molecule has 134 valence electrons. The molecule has 0 saturated carbocycles. The Kier molecular flexibility index (Phi) is 5.09. The topological polar surface area (TPSA) is 75.3 Å². The number of benzene rings is 2. The molecular weight excluding hydrogens is 358 g/mol. The van der Waals surface area contributed by atoms with Crippen LogP contribution in [0.5, 0.6) is 11.6 Å². The molecule has 3 aromatic rings. The molecule has 1 heterocycles. The van der Waals surface area contributed by atoms with Crippen molar-refractivity contribution < 1.29 is 9.47 Å². The van der Waals surface area contributed by atoms with Crippen molar-refractivity contribution >= 4 is 11.6 Å². The first-order valence-electron chi connectivity index (χ1n) is 7.71. The quantitative estimate of drug-likeness (QED) is 0.684.